The lowest BCUT2D eigenvalue weighted by Crippen LogP contribution is -2.47. The summed E-state index contributed by atoms with van der Waals surface area (Å²) >= 11 is 3.29. The molecule has 0 spiro atoms. The first-order valence-corrected chi connectivity index (χ1v) is 7.46. The number of piperidine rings is 1. The Morgan fingerprint density at radius 1 is 1.55 bits per heavy atom. The second-order valence-electron chi connectivity index (χ2n) is 5.16. The predicted molar refractivity (Wildman–Crippen MR) is 81.5 cm³/mol. The molecule has 108 valence electrons. The summed E-state index contributed by atoms with van der Waals surface area (Å²) in [6.45, 7) is 2.65. The monoisotopic (exact) mass is 340 g/mol. The van der Waals surface area contributed by atoms with Gasteiger partial charge in [0.05, 0.1) is 0 Å². The third-order valence-corrected chi connectivity index (χ3v) is 4.06. The van der Waals surface area contributed by atoms with Crippen molar-refractivity contribution in [3.63, 3.8) is 0 Å². The van der Waals surface area contributed by atoms with E-state index in [1.54, 1.807) is 17.0 Å². The summed E-state index contributed by atoms with van der Waals surface area (Å²) in [4.78, 5) is 13.9. The molecule has 1 heterocycles. The van der Waals surface area contributed by atoms with Crippen molar-refractivity contribution >= 4 is 27.9 Å². The van der Waals surface area contributed by atoms with Crippen molar-refractivity contribution in [2.45, 2.75) is 31.8 Å². The molecule has 0 aromatic heterocycles. The Morgan fingerprint density at radius 3 is 3.00 bits per heavy atom. The normalized spacial score (nSPS) is 23.3. The van der Waals surface area contributed by atoms with Gasteiger partial charge in [-0.1, -0.05) is 15.9 Å². The Balaban J connectivity index is 2.07. The van der Waals surface area contributed by atoms with Gasteiger partial charge in [0.1, 0.15) is 5.82 Å². The Labute approximate surface area is 126 Å². The van der Waals surface area contributed by atoms with Crippen molar-refractivity contribution in [1.82, 2.24) is 4.90 Å². The van der Waals surface area contributed by atoms with Crippen molar-refractivity contribution in [1.29, 1.82) is 0 Å². The fraction of sp³-hybridized carbons (Fsp3) is 0.400. The number of amides is 1. The van der Waals surface area contributed by atoms with Crippen LogP contribution in [0.25, 0.3) is 6.08 Å². The fourth-order valence-corrected chi connectivity index (χ4v) is 2.81. The molecule has 2 unspecified atom stereocenters. The fourth-order valence-electron chi connectivity index (χ4n) is 2.44. The van der Waals surface area contributed by atoms with Crippen molar-refractivity contribution in [2.24, 2.45) is 5.73 Å². The first-order valence-electron chi connectivity index (χ1n) is 6.66. The molecular formula is C15H18BrFN2O. The lowest BCUT2D eigenvalue weighted by molar-refractivity contribution is -0.129. The number of nitrogens with two attached hydrogens (primary N) is 1. The number of halogens is 2. The van der Waals surface area contributed by atoms with Crippen LogP contribution in [-0.2, 0) is 4.79 Å². The highest BCUT2D eigenvalue weighted by Gasteiger charge is 2.25. The molecule has 3 nitrogen and oxygen atoms in total. The molecule has 2 rings (SSSR count). The molecule has 1 aromatic rings. The van der Waals surface area contributed by atoms with Crippen LogP contribution in [0, 0.1) is 5.82 Å². The molecule has 2 N–H and O–H groups in total. The minimum Gasteiger partial charge on any atom is -0.336 e. The number of nitrogens with zero attached hydrogens (tertiary/aromatic N) is 1. The second-order valence-corrected chi connectivity index (χ2v) is 6.08. The van der Waals surface area contributed by atoms with Crippen molar-refractivity contribution in [3.05, 3.63) is 40.1 Å². The van der Waals surface area contributed by atoms with Gasteiger partial charge < -0.3 is 10.6 Å². The molecule has 1 fully saturated rings. The molecule has 0 saturated carbocycles. The highest BCUT2D eigenvalue weighted by atomic mass is 79.9. The average Bonchev–Trinajstić information content (AvgIpc) is 2.39. The maximum atomic E-state index is 13.6. The maximum absolute atomic E-state index is 13.6. The van der Waals surface area contributed by atoms with Gasteiger partial charge in [0.2, 0.25) is 5.91 Å². The first-order chi connectivity index (χ1) is 9.47. The minimum atomic E-state index is -0.342. The lowest BCUT2D eigenvalue weighted by atomic mass is 9.99. The van der Waals surface area contributed by atoms with Gasteiger partial charge in [-0.2, -0.15) is 0 Å². The second kappa shape index (κ2) is 6.50. The molecule has 1 aliphatic heterocycles. The van der Waals surface area contributed by atoms with E-state index in [0.29, 0.717) is 12.1 Å². The van der Waals surface area contributed by atoms with Crippen LogP contribution in [0.4, 0.5) is 4.39 Å². The molecule has 0 bridgehead atoms. The van der Waals surface area contributed by atoms with Crippen LogP contribution in [0.1, 0.15) is 25.3 Å². The van der Waals surface area contributed by atoms with E-state index in [-0.39, 0.29) is 23.8 Å². The summed E-state index contributed by atoms with van der Waals surface area (Å²) in [7, 11) is 0. The molecule has 0 radical (unpaired) electrons. The Bertz CT molecular complexity index is 533. The molecule has 1 saturated heterocycles. The molecule has 1 aliphatic rings. The zero-order valence-corrected chi connectivity index (χ0v) is 12.9. The Kier molecular flexibility index (Phi) is 4.94. The summed E-state index contributed by atoms with van der Waals surface area (Å²) in [6.07, 6.45) is 4.57. The number of carbonyl (C=O) groups excluding carboxylic acids is 1. The molecule has 20 heavy (non-hydrogen) atoms. The highest BCUT2D eigenvalue weighted by molar-refractivity contribution is 9.10. The number of rotatable bonds is 2. The first kappa shape index (κ1) is 15.2. The summed E-state index contributed by atoms with van der Waals surface area (Å²) in [5.41, 5.74) is 6.28. The number of carbonyl (C=O) groups is 1. The van der Waals surface area contributed by atoms with Crippen molar-refractivity contribution < 1.29 is 9.18 Å². The molecular weight excluding hydrogens is 323 g/mol. The molecule has 2 atom stereocenters. The van der Waals surface area contributed by atoms with E-state index in [1.807, 2.05) is 6.92 Å². The van der Waals surface area contributed by atoms with E-state index in [2.05, 4.69) is 15.9 Å². The van der Waals surface area contributed by atoms with Crippen LogP contribution >= 0.6 is 15.9 Å². The zero-order chi connectivity index (χ0) is 14.7. The summed E-state index contributed by atoms with van der Waals surface area (Å²) < 4.78 is 14.4. The number of benzene rings is 1. The summed E-state index contributed by atoms with van der Waals surface area (Å²) in [6, 6.07) is 4.94. The molecule has 1 aromatic carbocycles. The third kappa shape index (κ3) is 3.67. The van der Waals surface area contributed by atoms with Crippen LogP contribution in [-0.4, -0.2) is 29.4 Å². The largest absolute Gasteiger partial charge is 0.336 e. The SMILES string of the molecule is CC1CC(N)CCN1C(=O)C=Cc1cc(Br)ccc1F. The molecule has 0 aliphatic carbocycles. The number of hydrogen-bond acceptors (Lipinski definition) is 2. The van der Waals surface area contributed by atoms with Crippen LogP contribution in [0.15, 0.2) is 28.7 Å². The van der Waals surface area contributed by atoms with Gasteiger partial charge in [0, 0.05) is 34.7 Å². The standard InChI is InChI=1S/C15H18BrFN2O/c1-10-8-13(18)6-7-19(10)15(20)5-2-11-9-12(16)3-4-14(11)17/h2-5,9-10,13H,6-8,18H2,1H3. The zero-order valence-electron chi connectivity index (χ0n) is 11.4. The Morgan fingerprint density at radius 2 is 2.30 bits per heavy atom. The van der Waals surface area contributed by atoms with Gasteiger partial charge >= 0.3 is 0 Å². The predicted octanol–water partition coefficient (Wildman–Crippen LogP) is 2.94. The average molecular weight is 341 g/mol. The summed E-state index contributed by atoms with van der Waals surface area (Å²) in [5.74, 6) is -0.435. The van der Waals surface area contributed by atoms with Crippen LogP contribution in [0.3, 0.4) is 0 Å². The van der Waals surface area contributed by atoms with Gasteiger partial charge in [0.15, 0.2) is 0 Å². The van der Waals surface area contributed by atoms with Crippen LogP contribution < -0.4 is 5.73 Å². The van der Waals surface area contributed by atoms with Crippen molar-refractivity contribution in [2.75, 3.05) is 6.54 Å². The van der Waals surface area contributed by atoms with E-state index in [4.69, 9.17) is 5.73 Å². The van der Waals surface area contributed by atoms with Gasteiger partial charge in [0.25, 0.3) is 0 Å². The smallest absolute Gasteiger partial charge is 0.246 e. The topological polar surface area (TPSA) is 46.3 Å². The summed E-state index contributed by atoms with van der Waals surface area (Å²) in [5, 5.41) is 0. The third-order valence-electron chi connectivity index (χ3n) is 3.56. The highest BCUT2D eigenvalue weighted by Crippen LogP contribution is 2.19. The van der Waals surface area contributed by atoms with Crippen LogP contribution in [0.2, 0.25) is 0 Å². The van der Waals surface area contributed by atoms with E-state index in [1.165, 1.54) is 18.2 Å². The van der Waals surface area contributed by atoms with E-state index >= 15 is 0 Å². The van der Waals surface area contributed by atoms with E-state index in [0.717, 1.165) is 17.3 Å². The van der Waals surface area contributed by atoms with Crippen LogP contribution in [0.5, 0.6) is 0 Å². The lowest BCUT2D eigenvalue weighted by Gasteiger charge is -2.35. The molecule has 5 heteroatoms. The van der Waals surface area contributed by atoms with E-state index < -0.39 is 0 Å². The number of hydrogen-bond donors (Lipinski definition) is 1. The van der Waals surface area contributed by atoms with Gasteiger partial charge in [-0.3, -0.25) is 4.79 Å². The van der Waals surface area contributed by atoms with Gasteiger partial charge in [-0.25, -0.2) is 4.39 Å². The maximum Gasteiger partial charge on any atom is 0.246 e. The molecule has 1 amide bonds. The van der Waals surface area contributed by atoms with Crippen molar-refractivity contribution in [3.8, 4) is 0 Å². The van der Waals surface area contributed by atoms with Gasteiger partial charge in [-0.15, -0.1) is 0 Å². The van der Waals surface area contributed by atoms with Gasteiger partial charge in [-0.05, 0) is 44.0 Å². The minimum absolute atomic E-state index is 0.0937. The number of likely N-dealkylation sites (tertiary alicyclic amines) is 1. The quantitative estimate of drug-likeness (QED) is 0.841. The van der Waals surface area contributed by atoms with E-state index in [9.17, 15) is 9.18 Å². The Hall–Kier alpha value is -1.20.